The van der Waals surface area contributed by atoms with Gasteiger partial charge in [0.1, 0.15) is 5.15 Å². The molecule has 7 heteroatoms. The van der Waals surface area contributed by atoms with Gasteiger partial charge in [0.2, 0.25) is 0 Å². The van der Waals surface area contributed by atoms with Crippen molar-refractivity contribution in [2.45, 2.75) is 25.8 Å². The lowest BCUT2D eigenvalue weighted by molar-refractivity contribution is -0.141. The summed E-state index contributed by atoms with van der Waals surface area (Å²) in [4.78, 5) is 18.0. The number of carboxylic acid groups (broad SMARTS) is 1. The van der Waals surface area contributed by atoms with Crippen molar-refractivity contribution in [2.24, 2.45) is 13.0 Å². The summed E-state index contributed by atoms with van der Waals surface area (Å²) in [5, 5.41) is 14.7. The van der Waals surface area contributed by atoms with E-state index >= 15 is 0 Å². The van der Waals surface area contributed by atoms with Crippen LogP contribution in [0.2, 0.25) is 5.15 Å². The fourth-order valence-corrected chi connectivity index (χ4v) is 3.67. The molecule has 0 amide bonds. The first kappa shape index (κ1) is 16.9. The number of nitrogens with zero attached hydrogens (tertiary/aromatic N) is 4. The molecule has 3 rings (SSSR count). The van der Waals surface area contributed by atoms with Gasteiger partial charge in [0.25, 0.3) is 0 Å². The van der Waals surface area contributed by atoms with E-state index in [1.807, 2.05) is 26.1 Å². The van der Waals surface area contributed by atoms with Gasteiger partial charge in [0.05, 0.1) is 11.6 Å². The SMILES string of the molecule is CCc1nn(C)c(Cl)c1CN1C[C@@H](C(=O)O)[C@H](c2cccnc2)C1. The maximum absolute atomic E-state index is 11.7. The lowest BCUT2D eigenvalue weighted by Crippen LogP contribution is -2.23. The second kappa shape index (κ2) is 6.91. The Bertz CT molecular complexity index is 732. The molecule has 0 unspecified atom stereocenters. The van der Waals surface area contributed by atoms with E-state index in [0.717, 1.165) is 23.2 Å². The van der Waals surface area contributed by atoms with E-state index in [0.29, 0.717) is 24.8 Å². The van der Waals surface area contributed by atoms with Crippen LogP contribution >= 0.6 is 11.6 Å². The molecule has 3 heterocycles. The lowest BCUT2D eigenvalue weighted by Gasteiger charge is -2.16. The van der Waals surface area contributed by atoms with E-state index in [4.69, 9.17) is 11.6 Å². The minimum atomic E-state index is -0.764. The maximum atomic E-state index is 11.7. The van der Waals surface area contributed by atoms with Crippen LogP contribution in [0, 0.1) is 5.92 Å². The van der Waals surface area contributed by atoms with Gasteiger partial charge in [-0.15, -0.1) is 0 Å². The Labute approximate surface area is 146 Å². The van der Waals surface area contributed by atoms with Gasteiger partial charge in [-0.3, -0.25) is 19.4 Å². The number of carboxylic acids is 1. The molecular formula is C17H21ClN4O2. The van der Waals surface area contributed by atoms with Crippen LogP contribution in [0.15, 0.2) is 24.5 Å². The van der Waals surface area contributed by atoms with Crippen molar-refractivity contribution in [2.75, 3.05) is 13.1 Å². The summed E-state index contributed by atoms with van der Waals surface area (Å²) in [6.07, 6.45) is 4.27. The molecule has 1 saturated heterocycles. The number of pyridine rings is 1. The molecule has 1 N–H and O–H groups in total. The molecule has 0 aliphatic carbocycles. The molecule has 0 spiro atoms. The first-order chi connectivity index (χ1) is 11.5. The first-order valence-electron chi connectivity index (χ1n) is 8.06. The van der Waals surface area contributed by atoms with Crippen molar-refractivity contribution in [1.82, 2.24) is 19.7 Å². The number of likely N-dealkylation sites (tertiary alicyclic amines) is 1. The van der Waals surface area contributed by atoms with Crippen LogP contribution in [0.4, 0.5) is 0 Å². The molecule has 1 aliphatic heterocycles. The Balaban J connectivity index is 1.83. The van der Waals surface area contributed by atoms with Crippen LogP contribution in [0.5, 0.6) is 0 Å². The summed E-state index contributed by atoms with van der Waals surface area (Å²) < 4.78 is 1.68. The number of aliphatic carboxylic acids is 1. The number of hydrogen-bond acceptors (Lipinski definition) is 4. The van der Waals surface area contributed by atoms with Gasteiger partial charge in [-0.05, 0) is 18.1 Å². The first-order valence-corrected chi connectivity index (χ1v) is 8.44. The van der Waals surface area contributed by atoms with Crippen molar-refractivity contribution >= 4 is 17.6 Å². The Hall–Kier alpha value is -1.92. The summed E-state index contributed by atoms with van der Waals surface area (Å²) in [6, 6.07) is 3.80. The Morgan fingerprint density at radius 3 is 2.88 bits per heavy atom. The summed E-state index contributed by atoms with van der Waals surface area (Å²) in [5.41, 5.74) is 2.94. The number of halogens is 1. The zero-order chi connectivity index (χ0) is 17.3. The molecule has 6 nitrogen and oxygen atoms in total. The van der Waals surface area contributed by atoms with Crippen LogP contribution in [0.1, 0.15) is 29.7 Å². The quantitative estimate of drug-likeness (QED) is 0.898. The highest BCUT2D eigenvalue weighted by Gasteiger charge is 2.39. The molecule has 0 bridgehead atoms. The molecule has 24 heavy (non-hydrogen) atoms. The van der Waals surface area contributed by atoms with E-state index < -0.39 is 11.9 Å². The smallest absolute Gasteiger partial charge is 0.308 e. The fourth-order valence-electron chi connectivity index (χ4n) is 3.46. The Morgan fingerprint density at radius 2 is 2.25 bits per heavy atom. The van der Waals surface area contributed by atoms with E-state index in [1.165, 1.54) is 0 Å². The average molecular weight is 349 g/mol. The third-order valence-corrected chi connectivity index (χ3v) is 5.17. The minimum absolute atomic E-state index is 0.0586. The summed E-state index contributed by atoms with van der Waals surface area (Å²) in [5.74, 6) is -1.26. The predicted molar refractivity (Wildman–Crippen MR) is 91.0 cm³/mol. The second-order valence-corrected chi connectivity index (χ2v) is 6.58. The van der Waals surface area contributed by atoms with Gasteiger partial charge >= 0.3 is 5.97 Å². The van der Waals surface area contributed by atoms with Crippen LogP contribution in [0.25, 0.3) is 0 Å². The van der Waals surface area contributed by atoms with Gasteiger partial charge in [0, 0.05) is 50.6 Å². The van der Waals surface area contributed by atoms with Gasteiger partial charge in [-0.25, -0.2) is 0 Å². The van der Waals surface area contributed by atoms with E-state index in [1.54, 1.807) is 17.1 Å². The molecule has 0 aromatic carbocycles. The zero-order valence-electron chi connectivity index (χ0n) is 13.8. The Morgan fingerprint density at radius 1 is 1.46 bits per heavy atom. The van der Waals surface area contributed by atoms with Gasteiger partial charge in [-0.1, -0.05) is 24.6 Å². The van der Waals surface area contributed by atoms with E-state index in [-0.39, 0.29) is 5.92 Å². The van der Waals surface area contributed by atoms with Crippen LogP contribution in [-0.4, -0.2) is 43.8 Å². The molecule has 128 valence electrons. The maximum Gasteiger partial charge on any atom is 0.308 e. The lowest BCUT2D eigenvalue weighted by atomic mass is 9.90. The van der Waals surface area contributed by atoms with Crippen molar-refractivity contribution in [3.63, 3.8) is 0 Å². The normalized spacial score (nSPS) is 21.3. The number of hydrogen-bond donors (Lipinski definition) is 1. The zero-order valence-corrected chi connectivity index (χ0v) is 14.6. The van der Waals surface area contributed by atoms with Gasteiger partial charge < -0.3 is 5.11 Å². The third-order valence-electron chi connectivity index (χ3n) is 4.69. The number of aryl methyl sites for hydroxylation is 2. The van der Waals surface area contributed by atoms with Crippen LogP contribution < -0.4 is 0 Å². The van der Waals surface area contributed by atoms with Crippen LogP contribution in [-0.2, 0) is 24.8 Å². The highest BCUT2D eigenvalue weighted by Crippen LogP contribution is 2.34. The highest BCUT2D eigenvalue weighted by molar-refractivity contribution is 6.30. The highest BCUT2D eigenvalue weighted by atomic mass is 35.5. The van der Waals surface area contributed by atoms with E-state index in [9.17, 15) is 9.90 Å². The molecule has 2 atom stereocenters. The molecule has 2 aromatic rings. The number of rotatable bonds is 5. The number of aromatic nitrogens is 3. The molecule has 0 saturated carbocycles. The molecule has 0 radical (unpaired) electrons. The van der Waals surface area contributed by atoms with E-state index in [2.05, 4.69) is 15.0 Å². The fraction of sp³-hybridized carbons (Fsp3) is 0.471. The van der Waals surface area contributed by atoms with Crippen molar-refractivity contribution in [3.8, 4) is 0 Å². The van der Waals surface area contributed by atoms with Gasteiger partial charge in [-0.2, -0.15) is 5.10 Å². The van der Waals surface area contributed by atoms with Crippen LogP contribution in [0.3, 0.4) is 0 Å². The summed E-state index contributed by atoms with van der Waals surface area (Å²) in [7, 11) is 1.83. The van der Waals surface area contributed by atoms with Gasteiger partial charge in [0.15, 0.2) is 0 Å². The average Bonchev–Trinajstić information content (AvgIpc) is 3.12. The summed E-state index contributed by atoms with van der Waals surface area (Å²) >= 11 is 6.37. The third kappa shape index (κ3) is 3.16. The van der Waals surface area contributed by atoms with Crippen molar-refractivity contribution in [3.05, 3.63) is 46.5 Å². The molecular weight excluding hydrogens is 328 g/mol. The molecule has 1 aliphatic rings. The number of carbonyl (C=O) groups is 1. The Kier molecular flexibility index (Phi) is 4.87. The monoisotopic (exact) mass is 348 g/mol. The molecule has 2 aromatic heterocycles. The molecule has 1 fully saturated rings. The van der Waals surface area contributed by atoms with Crippen molar-refractivity contribution in [1.29, 1.82) is 0 Å². The minimum Gasteiger partial charge on any atom is -0.481 e. The predicted octanol–water partition coefficient (Wildman–Crippen LogP) is 2.33. The topological polar surface area (TPSA) is 71.2 Å². The van der Waals surface area contributed by atoms with Crippen molar-refractivity contribution < 1.29 is 9.90 Å². The largest absolute Gasteiger partial charge is 0.481 e. The summed E-state index contributed by atoms with van der Waals surface area (Å²) in [6.45, 7) is 3.85. The second-order valence-electron chi connectivity index (χ2n) is 6.22. The standard InChI is InChI=1S/C17H21ClN4O2/c1-3-15-14(16(18)21(2)20-15)10-22-8-12(13(9-22)17(23)24)11-5-4-6-19-7-11/h4-7,12-13H,3,8-10H2,1-2H3,(H,23,24)/t12-,13+/m0/s1.